The Hall–Kier alpha value is -4.18. The van der Waals surface area contributed by atoms with Gasteiger partial charge in [0, 0.05) is 35.4 Å². The summed E-state index contributed by atoms with van der Waals surface area (Å²) < 4.78 is 6.91. The summed E-state index contributed by atoms with van der Waals surface area (Å²) in [5, 5.41) is 14.7. The normalized spacial score (nSPS) is 10.6. The Morgan fingerprint density at radius 3 is 2.43 bits per heavy atom. The number of ether oxygens (including phenoxy) is 1. The monoisotopic (exact) mass is 488 g/mol. The van der Waals surface area contributed by atoms with E-state index in [2.05, 4.69) is 25.8 Å². The smallest absolute Gasteiger partial charge is 0.244 e. The van der Waals surface area contributed by atoms with Crippen LogP contribution in [0.5, 0.6) is 5.75 Å². The van der Waals surface area contributed by atoms with E-state index in [1.54, 1.807) is 60.5 Å². The van der Waals surface area contributed by atoms with Crippen molar-refractivity contribution in [2.75, 3.05) is 23.5 Å². The van der Waals surface area contributed by atoms with Crippen LogP contribution in [0.4, 0.5) is 11.4 Å². The molecule has 0 aliphatic rings. The van der Waals surface area contributed by atoms with E-state index in [4.69, 9.17) is 4.74 Å². The van der Waals surface area contributed by atoms with Gasteiger partial charge in [-0.15, -0.1) is 10.2 Å². The molecule has 0 bridgehead atoms. The second-order valence-electron chi connectivity index (χ2n) is 7.61. The van der Waals surface area contributed by atoms with Crippen LogP contribution in [0.15, 0.2) is 78.2 Å². The first-order chi connectivity index (χ1) is 17.0. The van der Waals surface area contributed by atoms with Gasteiger partial charge in [-0.25, -0.2) is 0 Å². The second-order valence-corrected chi connectivity index (χ2v) is 8.55. The zero-order valence-electron chi connectivity index (χ0n) is 19.3. The number of carbonyl (C=O) groups is 2. The maximum atomic E-state index is 12.9. The predicted octanol–water partition coefficient (Wildman–Crippen LogP) is 4.03. The molecule has 9 nitrogen and oxygen atoms in total. The summed E-state index contributed by atoms with van der Waals surface area (Å²) in [6.45, 7) is 1.95. The minimum Gasteiger partial charge on any atom is -0.497 e. The van der Waals surface area contributed by atoms with E-state index in [-0.39, 0.29) is 24.1 Å². The molecule has 0 radical (unpaired) electrons. The Balaban J connectivity index is 1.50. The molecule has 2 aromatic heterocycles. The van der Waals surface area contributed by atoms with Crippen molar-refractivity contribution in [3.8, 4) is 17.1 Å². The number of rotatable bonds is 9. The summed E-state index contributed by atoms with van der Waals surface area (Å²) >= 11 is 1.21. The molecular weight excluding hydrogens is 464 g/mol. The fourth-order valence-electron chi connectivity index (χ4n) is 3.26. The van der Waals surface area contributed by atoms with Crippen LogP contribution in [0.2, 0.25) is 0 Å². The zero-order valence-corrected chi connectivity index (χ0v) is 20.1. The van der Waals surface area contributed by atoms with Crippen molar-refractivity contribution in [3.63, 3.8) is 0 Å². The molecule has 0 saturated heterocycles. The summed E-state index contributed by atoms with van der Waals surface area (Å²) in [7, 11) is 1.57. The topological polar surface area (TPSA) is 111 Å². The SMILES string of the molecule is COc1cccc(NC(=O)Cn2c(SCC(=O)Nc3ccc(C)cc3)nnc2-c2ccncc2)c1. The predicted molar refractivity (Wildman–Crippen MR) is 135 cm³/mol. The van der Waals surface area contributed by atoms with Crippen LogP contribution in [0.3, 0.4) is 0 Å². The number of aromatic nitrogens is 4. The number of anilines is 2. The quantitative estimate of drug-likeness (QED) is 0.342. The van der Waals surface area contributed by atoms with Gasteiger partial charge in [-0.3, -0.25) is 19.1 Å². The molecule has 2 heterocycles. The molecular formula is C25H24N6O3S. The standard InChI is InChI=1S/C25H24N6O3S/c1-17-6-8-19(9-7-17)27-23(33)16-35-25-30-29-24(18-10-12-26-13-11-18)31(25)15-22(32)28-20-4-3-5-21(14-20)34-2/h3-14H,15-16H2,1-2H3,(H,27,33)(H,28,32). The number of nitrogens with one attached hydrogen (secondary N) is 2. The third-order valence-corrected chi connectivity index (χ3v) is 5.95. The number of benzene rings is 2. The number of methoxy groups -OCH3 is 1. The zero-order chi connectivity index (χ0) is 24.6. The highest BCUT2D eigenvalue weighted by Gasteiger charge is 2.18. The third-order valence-electron chi connectivity index (χ3n) is 4.98. The van der Waals surface area contributed by atoms with Crippen molar-refractivity contribution in [2.45, 2.75) is 18.6 Å². The van der Waals surface area contributed by atoms with E-state index in [9.17, 15) is 9.59 Å². The van der Waals surface area contributed by atoms with Crippen LogP contribution >= 0.6 is 11.8 Å². The lowest BCUT2D eigenvalue weighted by molar-refractivity contribution is -0.117. The molecule has 0 atom stereocenters. The number of thioether (sulfide) groups is 1. The molecule has 4 aromatic rings. The highest BCUT2D eigenvalue weighted by Crippen LogP contribution is 2.24. The lowest BCUT2D eigenvalue weighted by Gasteiger charge is -2.11. The minimum absolute atomic E-state index is 0.0379. The van der Waals surface area contributed by atoms with Crippen molar-refractivity contribution in [3.05, 3.63) is 78.6 Å². The lowest BCUT2D eigenvalue weighted by Crippen LogP contribution is -2.20. The Morgan fingerprint density at radius 2 is 1.69 bits per heavy atom. The minimum atomic E-state index is -0.265. The van der Waals surface area contributed by atoms with Crippen LogP contribution in [-0.4, -0.2) is 44.4 Å². The molecule has 2 aromatic carbocycles. The van der Waals surface area contributed by atoms with E-state index in [1.165, 1.54) is 11.8 Å². The van der Waals surface area contributed by atoms with E-state index < -0.39 is 0 Å². The molecule has 178 valence electrons. The van der Waals surface area contributed by atoms with Gasteiger partial charge in [0.25, 0.3) is 0 Å². The van der Waals surface area contributed by atoms with E-state index in [1.807, 2.05) is 31.2 Å². The molecule has 0 saturated carbocycles. The first-order valence-electron chi connectivity index (χ1n) is 10.8. The van der Waals surface area contributed by atoms with Crippen LogP contribution in [0.1, 0.15) is 5.56 Å². The molecule has 2 amide bonds. The van der Waals surface area contributed by atoms with Crippen LogP contribution in [0.25, 0.3) is 11.4 Å². The molecule has 2 N–H and O–H groups in total. The number of aryl methyl sites for hydroxylation is 1. The van der Waals surface area contributed by atoms with Crippen molar-refractivity contribution in [1.29, 1.82) is 0 Å². The van der Waals surface area contributed by atoms with Gasteiger partial charge in [0.15, 0.2) is 11.0 Å². The molecule has 4 rings (SSSR count). The van der Waals surface area contributed by atoms with Gasteiger partial charge in [-0.1, -0.05) is 35.5 Å². The molecule has 0 aliphatic carbocycles. The van der Waals surface area contributed by atoms with Gasteiger partial charge in [0.1, 0.15) is 12.3 Å². The van der Waals surface area contributed by atoms with Crippen LogP contribution in [-0.2, 0) is 16.1 Å². The number of amides is 2. The van der Waals surface area contributed by atoms with E-state index >= 15 is 0 Å². The summed E-state index contributed by atoms with van der Waals surface area (Å²) in [6, 6.07) is 18.3. The summed E-state index contributed by atoms with van der Waals surface area (Å²) in [4.78, 5) is 29.4. The van der Waals surface area contributed by atoms with Crippen LogP contribution < -0.4 is 15.4 Å². The van der Waals surface area contributed by atoms with Gasteiger partial charge < -0.3 is 15.4 Å². The number of pyridine rings is 1. The maximum Gasteiger partial charge on any atom is 0.244 e. The van der Waals surface area contributed by atoms with Crippen molar-refractivity contribution in [2.24, 2.45) is 0 Å². The summed E-state index contributed by atoms with van der Waals surface area (Å²) in [6.07, 6.45) is 3.29. The van der Waals surface area contributed by atoms with E-state index in [0.717, 1.165) is 16.8 Å². The lowest BCUT2D eigenvalue weighted by atomic mass is 10.2. The van der Waals surface area contributed by atoms with Crippen LogP contribution in [0, 0.1) is 6.92 Å². The van der Waals surface area contributed by atoms with Gasteiger partial charge in [0.05, 0.1) is 12.9 Å². The summed E-state index contributed by atoms with van der Waals surface area (Å²) in [5.74, 6) is 0.814. The number of nitrogens with zero attached hydrogens (tertiary/aromatic N) is 4. The Labute approximate surface area is 206 Å². The number of carbonyl (C=O) groups excluding carboxylic acids is 2. The van der Waals surface area contributed by atoms with Gasteiger partial charge in [-0.05, 0) is 43.3 Å². The number of hydrogen-bond donors (Lipinski definition) is 2. The highest BCUT2D eigenvalue weighted by molar-refractivity contribution is 7.99. The average molecular weight is 489 g/mol. The fourth-order valence-corrected chi connectivity index (χ4v) is 4.00. The van der Waals surface area contributed by atoms with Crippen molar-refractivity contribution in [1.82, 2.24) is 19.7 Å². The Bertz CT molecular complexity index is 1310. The first kappa shape index (κ1) is 24.0. The molecule has 0 fully saturated rings. The van der Waals surface area contributed by atoms with Crippen molar-refractivity contribution < 1.29 is 14.3 Å². The van der Waals surface area contributed by atoms with E-state index in [0.29, 0.717) is 22.4 Å². The third kappa shape index (κ3) is 6.45. The molecule has 0 aliphatic heterocycles. The highest BCUT2D eigenvalue weighted by atomic mass is 32.2. The second kappa shape index (κ2) is 11.3. The number of hydrogen-bond acceptors (Lipinski definition) is 7. The molecule has 35 heavy (non-hydrogen) atoms. The average Bonchev–Trinajstić information content (AvgIpc) is 3.27. The van der Waals surface area contributed by atoms with Crippen molar-refractivity contribution >= 4 is 35.0 Å². The fraction of sp³-hybridized carbons (Fsp3) is 0.160. The Kier molecular flexibility index (Phi) is 7.74. The van der Waals surface area contributed by atoms with Gasteiger partial charge in [-0.2, -0.15) is 0 Å². The molecule has 10 heteroatoms. The summed E-state index contributed by atoms with van der Waals surface area (Å²) in [5.41, 5.74) is 3.20. The van der Waals surface area contributed by atoms with Gasteiger partial charge >= 0.3 is 0 Å². The molecule has 0 unspecified atom stereocenters. The largest absolute Gasteiger partial charge is 0.497 e. The first-order valence-corrected chi connectivity index (χ1v) is 11.8. The Morgan fingerprint density at radius 1 is 0.943 bits per heavy atom. The van der Waals surface area contributed by atoms with Gasteiger partial charge in [0.2, 0.25) is 11.8 Å². The molecule has 0 spiro atoms. The maximum absolute atomic E-state index is 12.9.